The minimum Gasteiger partial charge on any atom is -0.396 e. The SMILES string of the molecule is Cc1ccc(NC(=O)[C@@H](C)SC[C@@H](C)CO)c(F)c1. The summed E-state index contributed by atoms with van der Waals surface area (Å²) >= 11 is 1.45. The molecule has 0 aliphatic rings. The van der Waals surface area contributed by atoms with Crippen molar-refractivity contribution in [3.05, 3.63) is 29.6 Å². The first-order valence-corrected chi connectivity index (χ1v) is 7.28. The van der Waals surface area contributed by atoms with Crippen molar-refractivity contribution < 1.29 is 14.3 Å². The van der Waals surface area contributed by atoms with Gasteiger partial charge in [0.2, 0.25) is 5.91 Å². The van der Waals surface area contributed by atoms with Gasteiger partial charge in [-0.25, -0.2) is 4.39 Å². The predicted molar refractivity (Wildman–Crippen MR) is 77.9 cm³/mol. The van der Waals surface area contributed by atoms with Gasteiger partial charge in [-0.05, 0) is 43.2 Å². The third-order valence-electron chi connectivity index (χ3n) is 2.69. The summed E-state index contributed by atoms with van der Waals surface area (Å²) in [7, 11) is 0. The van der Waals surface area contributed by atoms with Crippen LogP contribution >= 0.6 is 11.8 Å². The average Bonchev–Trinajstić information content (AvgIpc) is 2.38. The molecule has 0 spiro atoms. The number of aliphatic hydroxyl groups excluding tert-OH is 1. The number of amides is 1. The van der Waals surface area contributed by atoms with E-state index >= 15 is 0 Å². The van der Waals surface area contributed by atoms with Crippen LogP contribution in [0.5, 0.6) is 0 Å². The van der Waals surface area contributed by atoms with Crippen LogP contribution in [0.3, 0.4) is 0 Å². The number of rotatable bonds is 6. The maximum atomic E-state index is 13.6. The van der Waals surface area contributed by atoms with Crippen LogP contribution in [-0.4, -0.2) is 28.6 Å². The number of carbonyl (C=O) groups excluding carboxylic acids is 1. The van der Waals surface area contributed by atoms with Gasteiger partial charge in [0.1, 0.15) is 5.82 Å². The summed E-state index contributed by atoms with van der Waals surface area (Å²) in [5, 5.41) is 11.2. The smallest absolute Gasteiger partial charge is 0.237 e. The molecule has 1 rings (SSSR count). The Morgan fingerprint density at radius 3 is 2.74 bits per heavy atom. The molecule has 3 nitrogen and oxygen atoms in total. The van der Waals surface area contributed by atoms with Gasteiger partial charge in [0, 0.05) is 6.61 Å². The average molecular weight is 285 g/mol. The van der Waals surface area contributed by atoms with Crippen molar-refractivity contribution in [2.24, 2.45) is 5.92 Å². The number of anilines is 1. The van der Waals surface area contributed by atoms with Crippen molar-refractivity contribution in [1.82, 2.24) is 0 Å². The zero-order chi connectivity index (χ0) is 14.4. The molecule has 0 aliphatic heterocycles. The van der Waals surface area contributed by atoms with Crippen LogP contribution in [0, 0.1) is 18.7 Å². The lowest BCUT2D eigenvalue weighted by atomic mass is 10.2. The third-order valence-corrected chi connectivity index (χ3v) is 4.17. The van der Waals surface area contributed by atoms with E-state index in [9.17, 15) is 9.18 Å². The van der Waals surface area contributed by atoms with E-state index in [2.05, 4.69) is 5.32 Å². The molecule has 0 aromatic heterocycles. The van der Waals surface area contributed by atoms with Gasteiger partial charge in [-0.2, -0.15) is 0 Å². The van der Waals surface area contributed by atoms with E-state index in [1.807, 2.05) is 6.92 Å². The van der Waals surface area contributed by atoms with E-state index in [1.165, 1.54) is 17.8 Å². The molecule has 0 saturated heterocycles. The number of benzene rings is 1. The maximum absolute atomic E-state index is 13.6. The lowest BCUT2D eigenvalue weighted by Crippen LogP contribution is -2.24. The molecule has 0 heterocycles. The number of thioether (sulfide) groups is 1. The molecule has 106 valence electrons. The highest BCUT2D eigenvalue weighted by atomic mass is 32.2. The number of aliphatic hydroxyl groups is 1. The minimum atomic E-state index is -0.422. The molecular formula is C14H20FNO2S. The molecule has 0 bridgehead atoms. The molecule has 5 heteroatoms. The van der Waals surface area contributed by atoms with E-state index in [1.54, 1.807) is 26.0 Å². The Bertz CT molecular complexity index is 439. The zero-order valence-electron chi connectivity index (χ0n) is 11.4. The second-order valence-electron chi connectivity index (χ2n) is 4.74. The Kier molecular flexibility index (Phi) is 6.31. The van der Waals surface area contributed by atoms with Gasteiger partial charge < -0.3 is 10.4 Å². The summed E-state index contributed by atoms with van der Waals surface area (Å²) < 4.78 is 13.6. The van der Waals surface area contributed by atoms with E-state index in [4.69, 9.17) is 5.11 Å². The second kappa shape index (κ2) is 7.50. The third kappa shape index (κ3) is 5.20. The summed E-state index contributed by atoms with van der Waals surface area (Å²) in [6.45, 7) is 5.59. The summed E-state index contributed by atoms with van der Waals surface area (Å²) in [5.74, 6) is 0.199. The predicted octanol–water partition coefficient (Wildman–Crippen LogP) is 2.82. The molecule has 0 saturated carbocycles. The van der Waals surface area contributed by atoms with Gasteiger partial charge in [-0.3, -0.25) is 4.79 Å². The van der Waals surface area contributed by atoms with E-state index in [0.29, 0.717) is 5.75 Å². The van der Waals surface area contributed by atoms with Crippen molar-refractivity contribution in [3.8, 4) is 0 Å². The Labute approximate surface area is 117 Å². The topological polar surface area (TPSA) is 49.3 Å². The molecule has 1 aromatic carbocycles. The number of nitrogens with one attached hydrogen (secondary N) is 1. The highest BCUT2D eigenvalue weighted by Crippen LogP contribution is 2.19. The Morgan fingerprint density at radius 1 is 1.47 bits per heavy atom. The van der Waals surface area contributed by atoms with Crippen molar-refractivity contribution in [3.63, 3.8) is 0 Å². The summed E-state index contributed by atoms with van der Waals surface area (Å²) in [6, 6.07) is 4.71. The van der Waals surface area contributed by atoms with Gasteiger partial charge in [-0.15, -0.1) is 11.8 Å². The molecule has 0 radical (unpaired) electrons. The molecule has 0 fully saturated rings. The minimum absolute atomic E-state index is 0.105. The summed E-state index contributed by atoms with van der Waals surface area (Å²) in [6.07, 6.45) is 0. The van der Waals surface area contributed by atoms with Crippen LogP contribution in [0.15, 0.2) is 18.2 Å². The van der Waals surface area contributed by atoms with Gasteiger partial charge in [0.25, 0.3) is 0 Å². The fraction of sp³-hybridized carbons (Fsp3) is 0.500. The highest BCUT2D eigenvalue weighted by Gasteiger charge is 2.16. The largest absolute Gasteiger partial charge is 0.396 e. The molecule has 0 unspecified atom stereocenters. The molecule has 19 heavy (non-hydrogen) atoms. The van der Waals surface area contributed by atoms with Crippen LogP contribution in [0.2, 0.25) is 0 Å². The van der Waals surface area contributed by atoms with Gasteiger partial charge in [0.05, 0.1) is 10.9 Å². The van der Waals surface area contributed by atoms with Crippen molar-refractivity contribution in [2.45, 2.75) is 26.0 Å². The molecule has 1 aromatic rings. The summed E-state index contributed by atoms with van der Waals surface area (Å²) in [5.41, 5.74) is 1.02. The van der Waals surface area contributed by atoms with Gasteiger partial charge >= 0.3 is 0 Å². The number of hydrogen-bond donors (Lipinski definition) is 2. The van der Waals surface area contributed by atoms with E-state index < -0.39 is 5.82 Å². The number of hydrogen-bond acceptors (Lipinski definition) is 3. The molecule has 2 N–H and O–H groups in total. The normalized spacial score (nSPS) is 13.9. The number of carbonyl (C=O) groups is 1. The molecular weight excluding hydrogens is 265 g/mol. The quantitative estimate of drug-likeness (QED) is 0.845. The van der Waals surface area contributed by atoms with Crippen LogP contribution < -0.4 is 5.32 Å². The van der Waals surface area contributed by atoms with Crippen LogP contribution in [0.25, 0.3) is 0 Å². The fourth-order valence-electron chi connectivity index (χ4n) is 1.39. The van der Waals surface area contributed by atoms with E-state index in [0.717, 1.165) is 5.56 Å². The standard InChI is InChI=1S/C14H20FNO2S/c1-9-4-5-13(12(15)6-9)16-14(18)11(3)19-8-10(2)7-17/h4-6,10-11,17H,7-8H2,1-3H3,(H,16,18)/t10-,11+/m0/s1. The lowest BCUT2D eigenvalue weighted by Gasteiger charge is -2.14. The van der Waals surface area contributed by atoms with Gasteiger partial charge in [0.15, 0.2) is 0 Å². The molecule has 1 amide bonds. The monoisotopic (exact) mass is 285 g/mol. The highest BCUT2D eigenvalue weighted by molar-refractivity contribution is 8.00. The van der Waals surface area contributed by atoms with Crippen molar-refractivity contribution in [1.29, 1.82) is 0 Å². The molecule has 0 aliphatic carbocycles. The van der Waals surface area contributed by atoms with Crippen LogP contribution in [-0.2, 0) is 4.79 Å². The molecule has 2 atom stereocenters. The number of aryl methyl sites for hydroxylation is 1. The fourth-order valence-corrected chi connectivity index (χ4v) is 2.33. The first-order chi connectivity index (χ1) is 8.93. The Morgan fingerprint density at radius 2 is 2.16 bits per heavy atom. The number of halogens is 1. The Balaban J connectivity index is 2.54. The van der Waals surface area contributed by atoms with E-state index in [-0.39, 0.29) is 29.4 Å². The van der Waals surface area contributed by atoms with Crippen molar-refractivity contribution in [2.75, 3.05) is 17.7 Å². The second-order valence-corrected chi connectivity index (χ2v) is 6.11. The van der Waals surface area contributed by atoms with Crippen LogP contribution in [0.1, 0.15) is 19.4 Å². The first kappa shape index (κ1) is 16.0. The Hall–Kier alpha value is -1.07. The lowest BCUT2D eigenvalue weighted by molar-refractivity contribution is -0.115. The zero-order valence-corrected chi connectivity index (χ0v) is 12.3. The van der Waals surface area contributed by atoms with Crippen molar-refractivity contribution >= 4 is 23.4 Å². The maximum Gasteiger partial charge on any atom is 0.237 e. The van der Waals surface area contributed by atoms with Gasteiger partial charge in [-0.1, -0.05) is 13.0 Å². The van der Waals surface area contributed by atoms with Crippen LogP contribution in [0.4, 0.5) is 10.1 Å². The first-order valence-electron chi connectivity index (χ1n) is 6.23. The summed E-state index contributed by atoms with van der Waals surface area (Å²) in [4.78, 5) is 11.9.